The Kier molecular flexibility index (Phi) is 4.33. The lowest BCUT2D eigenvalue weighted by Gasteiger charge is -2.20. The first-order chi connectivity index (χ1) is 7.83. The molecule has 1 aromatic rings. The maximum atomic E-state index is 11.8. The Balaban J connectivity index is 2.84. The summed E-state index contributed by atoms with van der Waals surface area (Å²) < 4.78 is 5.36. The summed E-state index contributed by atoms with van der Waals surface area (Å²) in [5.74, 6) is -0.151. The number of esters is 1. The van der Waals surface area contributed by atoms with E-state index in [9.17, 15) is 4.79 Å². The van der Waals surface area contributed by atoms with Gasteiger partial charge in [-0.15, -0.1) is 0 Å². The van der Waals surface area contributed by atoms with E-state index in [0.717, 1.165) is 17.5 Å². The van der Waals surface area contributed by atoms with E-state index in [2.05, 4.69) is 13.0 Å². The van der Waals surface area contributed by atoms with Crippen LogP contribution < -0.4 is 0 Å². The van der Waals surface area contributed by atoms with E-state index in [1.807, 2.05) is 39.8 Å². The minimum absolute atomic E-state index is 0.151. The first-order valence-electron chi connectivity index (χ1n) is 6.12. The summed E-state index contributed by atoms with van der Waals surface area (Å²) >= 11 is 0. The third kappa shape index (κ3) is 4.22. The van der Waals surface area contributed by atoms with Gasteiger partial charge in [-0.2, -0.15) is 0 Å². The topological polar surface area (TPSA) is 26.3 Å². The van der Waals surface area contributed by atoms with Gasteiger partial charge >= 0.3 is 5.97 Å². The summed E-state index contributed by atoms with van der Waals surface area (Å²) in [5, 5.41) is 0. The standard InChI is InChI=1S/C15H22O2/c1-6-12-9-7-8-11(2)13(12)10-14(16)17-15(3,4)5/h7-9H,6,10H2,1-5H3. The van der Waals surface area contributed by atoms with E-state index in [1.165, 1.54) is 5.56 Å². The fourth-order valence-electron chi connectivity index (χ4n) is 1.87. The van der Waals surface area contributed by atoms with Crippen LogP contribution in [0.1, 0.15) is 44.4 Å². The van der Waals surface area contributed by atoms with E-state index in [0.29, 0.717) is 6.42 Å². The highest BCUT2D eigenvalue weighted by Gasteiger charge is 2.18. The number of carbonyl (C=O) groups is 1. The van der Waals surface area contributed by atoms with Crippen molar-refractivity contribution in [3.05, 3.63) is 34.9 Å². The maximum absolute atomic E-state index is 11.8. The number of hydrogen-bond acceptors (Lipinski definition) is 2. The second-order valence-corrected chi connectivity index (χ2v) is 5.33. The number of benzene rings is 1. The van der Waals surface area contributed by atoms with Crippen molar-refractivity contribution < 1.29 is 9.53 Å². The Hall–Kier alpha value is -1.31. The lowest BCUT2D eigenvalue weighted by atomic mass is 9.97. The molecular formula is C15H22O2. The van der Waals surface area contributed by atoms with Crippen molar-refractivity contribution in [2.45, 2.75) is 53.1 Å². The van der Waals surface area contributed by atoms with Crippen LogP contribution in [0.4, 0.5) is 0 Å². The van der Waals surface area contributed by atoms with Crippen LogP contribution >= 0.6 is 0 Å². The van der Waals surface area contributed by atoms with Crippen molar-refractivity contribution in [1.82, 2.24) is 0 Å². The summed E-state index contributed by atoms with van der Waals surface area (Å²) in [6, 6.07) is 6.15. The van der Waals surface area contributed by atoms with Gasteiger partial charge in [0.2, 0.25) is 0 Å². The predicted molar refractivity (Wildman–Crippen MR) is 70.1 cm³/mol. The predicted octanol–water partition coefficient (Wildman–Crippen LogP) is 3.44. The lowest BCUT2D eigenvalue weighted by Crippen LogP contribution is -2.25. The van der Waals surface area contributed by atoms with Gasteiger partial charge in [0, 0.05) is 0 Å². The van der Waals surface area contributed by atoms with Crippen molar-refractivity contribution >= 4 is 5.97 Å². The van der Waals surface area contributed by atoms with Crippen molar-refractivity contribution in [3.63, 3.8) is 0 Å². The van der Waals surface area contributed by atoms with Crippen LogP contribution in [-0.2, 0) is 22.4 Å². The molecule has 0 aromatic heterocycles. The van der Waals surface area contributed by atoms with Crippen LogP contribution in [0, 0.1) is 6.92 Å². The molecule has 0 amide bonds. The molecule has 0 aliphatic heterocycles. The molecular weight excluding hydrogens is 212 g/mol. The molecule has 2 heteroatoms. The summed E-state index contributed by atoms with van der Waals surface area (Å²) in [7, 11) is 0. The van der Waals surface area contributed by atoms with Gasteiger partial charge in [0.25, 0.3) is 0 Å². The average molecular weight is 234 g/mol. The van der Waals surface area contributed by atoms with Gasteiger partial charge in [0.05, 0.1) is 6.42 Å². The van der Waals surface area contributed by atoms with Crippen LogP contribution in [0.3, 0.4) is 0 Å². The zero-order valence-electron chi connectivity index (χ0n) is 11.5. The van der Waals surface area contributed by atoms with E-state index < -0.39 is 5.60 Å². The highest BCUT2D eigenvalue weighted by atomic mass is 16.6. The van der Waals surface area contributed by atoms with Crippen LogP contribution in [0.2, 0.25) is 0 Å². The molecule has 0 aliphatic carbocycles. The van der Waals surface area contributed by atoms with E-state index in [4.69, 9.17) is 4.74 Å². The molecule has 0 fully saturated rings. The molecule has 0 bridgehead atoms. The number of rotatable bonds is 3. The Labute approximate surface area is 104 Å². The molecule has 17 heavy (non-hydrogen) atoms. The zero-order chi connectivity index (χ0) is 13.1. The molecule has 0 aliphatic rings. The molecule has 0 N–H and O–H groups in total. The molecule has 0 unspecified atom stereocenters. The Morgan fingerprint density at radius 1 is 1.29 bits per heavy atom. The number of carbonyl (C=O) groups excluding carboxylic acids is 1. The molecule has 0 radical (unpaired) electrons. The van der Waals surface area contributed by atoms with Gasteiger partial charge in [-0.3, -0.25) is 4.79 Å². The summed E-state index contributed by atoms with van der Waals surface area (Å²) in [5.41, 5.74) is 3.10. The minimum Gasteiger partial charge on any atom is -0.460 e. The van der Waals surface area contributed by atoms with Crippen LogP contribution in [0.25, 0.3) is 0 Å². The van der Waals surface area contributed by atoms with Crippen LogP contribution in [0.15, 0.2) is 18.2 Å². The van der Waals surface area contributed by atoms with Gasteiger partial charge in [-0.05, 0) is 50.8 Å². The Morgan fingerprint density at radius 3 is 2.47 bits per heavy atom. The number of aryl methyl sites for hydroxylation is 2. The monoisotopic (exact) mass is 234 g/mol. The quantitative estimate of drug-likeness (QED) is 0.749. The molecule has 1 aromatic carbocycles. The van der Waals surface area contributed by atoms with Gasteiger partial charge in [-0.1, -0.05) is 25.1 Å². The van der Waals surface area contributed by atoms with E-state index in [1.54, 1.807) is 0 Å². The molecule has 1 rings (SSSR count). The normalized spacial score (nSPS) is 11.4. The molecule has 0 saturated carbocycles. The molecule has 0 atom stereocenters. The van der Waals surface area contributed by atoms with Gasteiger partial charge in [0.1, 0.15) is 5.60 Å². The highest BCUT2D eigenvalue weighted by molar-refractivity contribution is 5.74. The molecule has 0 saturated heterocycles. The molecule has 2 nitrogen and oxygen atoms in total. The largest absolute Gasteiger partial charge is 0.460 e. The first kappa shape index (κ1) is 13.8. The van der Waals surface area contributed by atoms with Crippen LogP contribution in [0.5, 0.6) is 0 Å². The van der Waals surface area contributed by atoms with Gasteiger partial charge in [-0.25, -0.2) is 0 Å². The third-order valence-corrected chi connectivity index (χ3v) is 2.63. The molecule has 94 valence electrons. The Bertz CT molecular complexity index is 400. The van der Waals surface area contributed by atoms with Crippen LogP contribution in [-0.4, -0.2) is 11.6 Å². The van der Waals surface area contributed by atoms with Crippen molar-refractivity contribution in [2.75, 3.05) is 0 Å². The van der Waals surface area contributed by atoms with Crippen molar-refractivity contribution in [3.8, 4) is 0 Å². The smallest absolute Gasteiger partial charge is 0.310 e. The minimum atomic E-state index is -0.411. The average Bonchev–Trinajstić information content (AvgIpc) is 2.18. The summed E-state index contributed by atoms with van der Waals surface area (Å²) in [6.45, 7) is 9.82. The fraction of sp³-hybridized carbons (Fsp3) is 0.533. The number of hydrogen-bond donors (Lipinski definition) is 0. The molecule has 0 spiro atoms. The van der Waals surface area contributed by atoms with Crippen molar-refractivity contribution in [1.29, 1.82) is 0 Å². The van der Waals surface area contributed by atoms with Gasteiger partial charge < -0.3 is 4.74 Å². The fourth-order valence-corrected chi connectivity index (χ4v) is 1.87. The zero-order valence-corrected chi connectivity index (χ0v) is 11.5. The second kappa shape index (κ2) is 5.35. The van der Waals surface area contributed by atoms with Crippen molar-refractivity contribution in [2.24, 2.45) is 0 Å². The lowest BCUT2D eigenvalue weighted by molar-refractivity contribution is -0.153. The highest BCUT2D eigenvalue weighted by Crippen LogP contribution is 2.17. The maximum Gasteiger partial charge on any atom is 0.310 e. The number of ether oxygens (including phenoxy) is 1. The Morgan fingerprint density at radius 2 is 1.94 bits per heavy atom. The van der Waals surface area contributed by atoms with E-state index in [-0.39, 0.29) is 5.97 Å². The molecule has 0 heterocycles. The van der Waals surface area contributed by atoms with E-state index >= 15 is 0 Å². The third-order valence-electron chi connectivity index (χ3n) is 2.63. The van der Waals surface area contributed by atoms with Gasteiger partial charge in [0.15, 0.2) is 0 Å². The SMILES string of the molecule is CCc1cccc(C)c1CC(=O)OC(C)(C)C. The summed E-state index contributed by atoms with van der Waals surface area (Å²) in [4.78, 5) is 11.8. The summed E-state index contributed by atoms with van der Waals surface area (Å²) in [6.07, 6.45) is 1.31. The second-order valence-electron chi connectivity index (χ2n) is 5.33. The first-order valence-corrected chi connectivity index (χ1v) is 6.12.